The Hall–Kier alpha value is 0.500. The summed E-state index contributed by atoms with van der Waals surface area (Å²) in [7, 11) is 0. The molecule has 3 nitrogen and oxygen atoms in total. The van der Waals surface area contributed by atoms with Gasteiger partial charge in [0.05, 0.1) is 6.10 Å². The molecule has 0 aliphatic carbocycles. The van der Waals surface area contributed by atoms with Crippen LogP contribution in [0.5, 0.6) is 0 Å². The number of hydrogen-bond donors (Lipinski definition) is 0. The van der Waals surface area contributed by atoms with E-state index in [4.69, 9.17) is 4.52 Å². The first kappa shape index (κ1) is 15.5. The minimum Gasteiger partial charge on any atom is -0.319 e. The molecule has 0 amide bonds. The summed E-state index contributed by atoms with van der Waals surface area (Å²) < 4.78 is 17.3. The van der Waals surface area contributed by atoms with Gasteiger partial charge in [-0.15, -0.1) is 0 Å². The molecule has 92 valence electrons. The maximum atomic E-state index is 11.9. The Labute approximate surface area is 98.1 Å². The second kappa shape index (κ2) is 7.72. The molecule has 15 heavy (non-hydrogen) atoms. The first-order valence-corrected chi connectivity index (χ1v) is 9.20. The molecular formula is C10H24NO2PS. The summed E-state index contributed by atoms with van der Waals surface area (Å²) in [6, 6.07) is 0. The lowest BCUT2D eigenvalue weighted by molar-refractivity contribution is 0.255. The van der Waals surface area contributed by atoms with Gasteiger partial charge in [0, 0.05) is 19.0 Å². The highest BCUT2D eigenvalue weighted by Crippen LogP contribution is 2.56. The SMILES string of the molecule is CCN(CC)CCSP(C)(=O)OC(C)C. The zero-order valence-electron chi connectivity index (χ0n) is 10.5. The largest absolute Gasteiger partial charge is 0.319 e. The van der Waals surface area contributed by atoms with Crippen molar-refractivity contribution in [3.8, 4) is 0 Å². The molecule has 0 heterocycles. The molecule has 0 spiro atoms. The third-order valence-electron chi connectivity index (χ3n) is 2.03. The molecule has 0 rings (SSSR count). The van der Waals surface area contributed by atoms with E-state index in [1.807, 2.05) is 13.8 Å². The second-order valence-electron chi connectivity index (χ2n) is 3.79. The van der Waals surface area contributed by atoms with E-state index in [9.17, 15) is 4.57 Å². The first-order chi connectivity index (χ1) is 6.91. The molecule has 0 N–H and O–H groups in total. The quantitative estimate of drug-likeness (QED) is 0.621. The van der Waals surface area contributed by atoms with E-state index in [2.05, 4.69) is 18.7 Å². The average Bonchev–Trinajstić information content (AvgIpc) is 2.10. The van der Waals surface area contributed by atoms with Crippen molar-refractivity contribution >= 4 is 18.0 Å². The summed E-state index contributed by atoms with van der Waals surface area (Å²) in [5, 5.41) is 0. The van der Waals surface area contributed by atoms with Crippen LogP contribution < -0.4 is 0 Å². The average molecular weight is 253 g/mol. The smallest absolute Gasteiger partial charge is 0.254 e. The highest BCUT2D eigenvalue weighted by Gasteiger charge is 2.18. The zero-order chi connectivity index (χ0) is 11.9. The molecule has 0 fully saturated rings. The van der Waals surface area contributed by atoms with Crippen LogP contribution in [0.25, 0.3) is 0 Å². The van der Waals surface area contributed by atoms with Crippen molar-refractivity contribution in [1.82, 2.24) is 4.90 Å². The van der Waals surface area contributed by atoms with E-state index in [0.717, 1.165) is 25.4 Å². The lowest BCUT2D eigenvalue weighted by Gasteiger charge is -2.20. The van der Waals surface area contributed by atoms with Gasteiger partial charge in [-0.3, -0.25) is 4.57 Å². The molecule has 0 aromatic heterocycles. The molecule has 0 bridgehead atoms. The molecule has 0 saturated heterocycles. The molecule has 0 aromatic carbocycles. The van der Waals surface area contributed by atoms with Crippen LogP contribution in [0.3, 0.4) is 0 Å². The fourth-order valence-electron chi connectivity index (χ4n) is 1.29. The lowest BCUT2D eigenvalue weighted by atomic mass is 10.5. The lowest BCUT2D eigenvalue weighted by Crippen LogP contribution is -2.25. The van der Waals surface area contributed by atoms with E-state index in [1.54, 1.807) is 6.66 Å². The van der Waals surface area contributed by atoms with Crippen molar-refractivity contribution in [1.29, 1.82) is 0 Å². The highest BCUT2D eigenvalue weighted by atomic mass is 32.7. The predicted molar refractivity (Wildman–Crippen MR) is 70.0 cm³/mol. The molecule has 0 radical (unpaired) electrons. The summed E-state index contributed by atoms with van der Waals surface area (Å²) in [5.74, 6) is 0.877. The van der Waals surface area contributed by atoms with Crippen LogP contribution in [-0.2, 0) is 9.09 Å². The maximum Gasteiger partial charge on any atom is 0.254 e. The van der Waals surface area contributed by atoms with Crippen molar-refractivity contribution in [3.63, 3.8) is 0 Å². The van der Waals surface area contributed by atoms with Crippen molar-refractivity contribution in [3.05, 3.63) is 0 Å². The third-order valence-corrected chi connectivity index (χ3v) is 5.88. The van der Waals surface area contributed by atoms with E-state index < -0.39 is 6.57 Å². The molecule has 0 aliphatic rings. The van der Waals surface area contributed by atoms with Gasteiger partial charge in [-0.2, -0.15) is 0 Å². The topological polar surface area (TPSA) is 29.5 Å². The minimum atomic E-state index is -2.44. The second-order valence-corrected chi connectivity index (χ2v) is 8.97. The van der Waals surface area contributed by atoms with E-state index in [0.29, 0.717) is 0 Å². The Morgan fingerprint density at radius 2 is 1.87 bits per heavy atom. The van der Waals surface area contributed by atoms with Crippen molar-refractivity contribution in [2.45, 2.75) is 33.8 Å². The fraction of sp³-hybridized carbons (Fsp3) is 1.00. The number of rotatable bonds is 8. The molecule has 5 heteroatoms. The van der Waals surface area contributed by atoms with Gasteiger partial charge in [-0.25, -0.2) is 0 Å². The van der Waals surface area contributed by atoms with Crippen molar-refractivity contribution < 1.29 is 9.09 Å². The molecule has 1 unspecified atom stereocenters. The van der Waals surface area contributed by atoms with Gasteiger partial charge in [0.15, 0.2) is 0 Å². The standard InChI is InChI=1S/C10H24NO2PS/c1-6-11(7-2)8-9-15-14(5,12)13-10(3)4/h10H,6-9H2,1-5H3. The van der Waals surface area contributed by atoms with Gasteiger partial charge < -0.3 is 9.42 Å². The van der Waals surface area contributed by atoms with Crippen LogP contribution in [0.2, 0.25) is 0 Å². The van der Waals surface area contributed by atoms with Crippen molar-refractivity contribution in [2.24, 2.45) is 0 Å². The van der Waals surface area contributed by atoms with E-state index >= 15 is 0 Å². The van der Waals surface area contributed by atoms with Crippen molar-refractivity contribution in [2.75, 3.05) is 32.1 Å². The number of hydrogen-bond acceptors (Lipinski definition) is 4. The summed E-state index contributed by atoms with van der Waals surface area (Å²) in [6.07, 6.45) is 0.0433. The summed E-state index contributed by atoms with van der Waals surface area (Å²) in [4.78, 5) is 2.32. The Balaban J connectivity index is 3.79. The number of nitrogens with zero attached hydrogens (tertiary/aromatic N) is 1. The van der Waals surface area contributed by atoms with Crippen LogP contribution in [0.1, 0.15) is 27.7 Å². The summed E-state index contributed by atoms with van der Waals surface area (Å²) in [5.41, 5.74) is 0. The maximum absolute atomic E-state index is 11.9. The highest BCUT2D eigenvalue weighted by molar-refractivity contribution is 8.56. The summed E-state index contributed by atoms with van der Waals surface area (Å²) >= 11 is 1.46. The minimum absolute atomic E-state index is 0.0433. The molecular weight excluding hydrogens is 229 g/mol. The Morgan fingerprint density at radius 3 is 2.27 bits per heavy atom. The molecule has 0 aliphatic heterocycles. The van der Waals surface area contributed by atoms with E-state index in [1.165, 1.54) is 11.4 Å². The van der Waals surface area contributed by atoms with Crippen LogP contribution >= 0.6 is 18.0 Å². The molecule has 0 saturated carbocycles. The van der Waals surface area contributed by atoms with Crippen LogP contribution in [0.4, 0.5) is 0 Å². The third kappa shape index (κ3) is 8.32. The Bertz CT molecular complexity index is 208. The van der Waals surface area contributed by atoms with E-state index in [-0.39, 0.29) is 6.10 Å². The van der Waals surface area contributed by atoms with Gasteiger partial charge in [0.25, 0.3) is 6.57 Å². The Morgan fingerprint density at radius 1 is 1.33 bits per heavy atom. The van der Waals surface area contributed by atoms with Gasteiger partial charge in [0.1, 0.15) is 0 Å². The molecule has 0 aromatic rings. The monoisotopic (exact) mass is 253 g/mol. The van der Waals surface area contributed by atoms with Gasteiger partial charge in [-0.05, 0) is 26.9 Å². The van der Waals surface area contributed by atoms with Crippen LogP contribution in [0, 0.1) is 0 Å². The van der Waals surface area contributed by atoms with Gasteiger partial charge in [0.2, 0.25) is 0 Å². The first-order valence-electron chi connectivity index (χ1n) is 5.54. The molecule has 1 atom stereocenters. The van der Waals surface area contributed by atoms with Gasteiger partial charge >= 0.3 is 0 Å². The normalized spacial score (nSPS) is 15.9. The van der Waals surface area contributed by atoms with Gasteiger partial charge in [-0.1, -0.05) is 25.2 Å². The van der Waals surface area contributed by atoms with Crippen LogP contribution in [0.15, 0.2) is 0 Å². The zero-order valence-corrected chi connectivity index (χ0v) is 12.2. The fourth-order valence-corrected chi connectivity index (χ4v) is 4.73. The Kier molecular flexibility index (Phi) is 7.98. The predicted octanol–water partition coefficient (Wildman–Crippen LogP) is 3.31. The van der Waals surface area contributed by atoms with Crippen LogP contribution in [-0.4, -0.2) is 43.1 Å². The summed E-state index contributed by atoms with van der Waals surface area (Å²) in [6.45, 7) is 10.5.